The second kappa shape index (κ2) is 6.42. The van der Waals surface area contributed by atoms with Crippen LogP contribution in [0.1, 0.15) is 43.3 Å². The first kappa shape index (κ1) is 16.2. The van der Waals surface area contributed by atoms with Gasteiger partial charge in [0.2, 0.25) is 5.89 Å². The standard InChI is InChI=1S/C14H20N4O4S/c1-3-13-15-14(22-16-13)10-17(2)23(19,20)18-8-4-6-11(18)12-7-5-9-21-12/h5,7,9,11H,3-4,6,8,10H2,1-2H3/t11-/m1/s1. The summed E-state index contributed by atoms with van der Waals surface area (Å²) < 4.78 is 38.9. The van der Waals surface area contributed by atoms with E-state index in [9.17, 15) is 8.42 Å². The van der Waals surface area contributed by atoms with Crippen LogP contribution in [0.5, 0.6) is 0 Å². The molecule has 0 bridgehead atoms. The summed E-state index contributed by atoms with van der Waals surface area (Å²) in [5.41, 5.74) is 0. The van der Waals surface area contributed by atoms with Crippen LogP contribution in [0.2, 0.25) is 0 Å². The quantitative estimate of drug-likeness (QED) is 0.795. The molecule has 0 unspecified atom stereocenters. The highest BCUT2D eigenvalue weighted by Gasteiger charge is 2.39. The van der Waals surface area contributed by atoms with E-state index in [-0.39, 0.29) is 12.6 Å². The van der Waals surface area contributed by atoms with E-state index in [0.29, 0.717) is 30.4 Å². The van der Waals surface area contributed by atoms with Gasteiger partial charge in [0.1, 0.15) is 5.76 Å². The molecule has 1 aliphatic rings. The van der Waals surface area contributed by atoms with Crippen LogP contribution < -0.4 is 0 Å². The van der Waals surface area contributed by atoms with Crippen molar-refractivity contribution in [3.8, 4) is 0 Å². The van der Waals surface area contributed by atoms with Crippen molar-refractivity contribution in [1.82, 2.24) is 18.8 Å². The van der Waals surface area contributed by atoms with E-state index in [1.165, 1.54) is 15.7 Å². The first-order chi connectivity index (χ1) is 11.0. The number of rotatable bonds is 6. The fraction of sp³-hybridized carbons (Fsp3) is 0.571. The van der Waals surface area contributed by atoms with E-state index >= 15 is 0 Å². The zero-order valence-electron chi connectivity index (χ0n) is 13.2. The second-order valence-corrected chi connectivity index (χ2v) is 7.49. The molecule has 1 fully saturated rings. The van der Waals surface area contributed by atoms with Crippen molar-refractivity contribution in [2.75, 3.05) is 13.6 Å². The third-order valence-electron chi connectivity index (χ3n) is 3.95. The summed E-state index contributed by atoms with van der Waals surface area (Å²) in [6.45, 7) is 2.44. The van der Waals surface area contributed by atoms with Gasteiger partial charge in [-0.25, -0.2) is 0 Å². The van der Waals surface area contributed by atoms with Crippen LogP contribution in [-0.4, -0.2) is 40.8 Å². The number of furan rings is 1. The lowest BCUT2D eigenvalue weighted by Crippen LogP contribution is -2.41. The molecule has 2 aromatic rings. The molecule has 0 spiro atoms. The van der Waals surface area contributed by atoms with Gasteiger partial charge in [-0.1, -0.05) is 12.1 Å². The van der Waals surface area contributed by atoms with Gasteiger partial charge in [-0.15, -0.1) is 0 Å². The van der Waals surface area contributed by atoms with Gasteiger partial charge in [0.15, 0.2) is 5.82 Å². The Hall–Kier alpha value is -1.71. The molecule has 126 valence electrons. The number of nitrogens with zero attached hydrogens (tertiary/aromatic N) is 4. The van der Waals surface area contributed by atoms with Crippen molar-refractivity contribution in [2.24, 2.45) is 0 Å². The fourth-order valence-corrected chi connectivity index (χ4v) is 4.25. The van der Waals surface area contributed by atoms with E-state index in [1.54, 1.807) is 12.3 Å². The Balaban J connectivity index is 1.76. The van der Waals surface area contributed by atoms with Crippen molar-refractivity contribution >= 4 is 10.2 Å². The lowest BCUT2D eigenvalue weighted by molar-refractivity contribution is 0.292. The Morgan fingerprint density at radius 1 is 1.48 bits per heavy atom. The van der Waals surface area contributed by atoms with Crippen molar-refractivity contribution in [2.45, 2.75) is 38.8 Å². The summed E-state index contributed by atoms with van der Waals surface area (Å²) in [6, 6.07) is 3.32. The summed E-state index contributed by atoms with van der Waals surface area (Å²) in [5, 5.41) is 3.79. The van der Waals surface area contributed by atoms with Crippen LogP contribution in [0.4, 0.5) is 0 Å². The van der Waals surface area contributed by atoms with Gasteiger partial charge in [0, 0.05) is 20.0 Å². The third-order valence-corrected chi connectivity index (χ3v) is 5.90. The Labute approximate surface area is 135 Å². The zero-order valence-corrected chi connectivity index (χ0v) is 14.0. The SMILES string of the molecule is CCc1noc(CN(C)S(=O)(=O)N2CCC[C@@H]2c2ccco2)n1. The highest BCUT2D eigenvalue weighted by Crippen LogP contribution is 2.35. The molecule has 23 heavy (non-hydrogen) atoms. The molecule has 2 aromatic heterocycles. The molecule has 0 aromatic carbocycles. The molecular formula is C14H20N4O4S. The molecule has 8 nitrogen and oxygen atoms in total. The van der Waals surface area contributed by atoms with Crippen molar-refractivity contribution < 1.29 is 17.4 Å². The Kier molecular flexibility index (Phi) is 4.51. The molecule has 0 aliphatic carbocycles. The average molecular weight is 340 g/mol. The van der Waals surface area contributed by atoms with Crippen molar-refractivity contribution in [3.05, 3.63) is 35.9 Å². The molecule has 0 radical (unpaired) electrons. The summed E-state index contributed by atoms with van der Waals surface area (Å²) in [4.78, 5) is 4.16. The number of aromatic nitrogens is 2. The Morgan fingerprint density at radius 2 is 2.30 bits per heavy atom. The highest BCUT2D eigenvalue weighted by atomic mass is 32.2. The summed E-state index contributed by atoms with van der Waals surface area (Å²) >= 11 is 0. The maximum atomic E-state index is 12.8. The number of hydrogen-bond donors (Lipinski definition) is 0. The topological polar surface area (TPSA) is 92.7 Å². The second-order valence-electron chi connectivity index (χ2n) is 5.51. The average Bonchev–Trinajstić information content (AvgIpc) is 3.27. The molecule has 3 heterocycles. The summed E-state index contributed by atoms with van der Waals surface area (Å²) in [5.74, 6) is 1.53. The van der Waals surface area contributed by atoms with Gasteiger partial charge >= 0.3 is 0 Å². The van der Waals surface area contributed by atoms with E-state index in [4.69, 9.17) is 8.94 Å². The minimum atomic E-state index is -3.63. The minimum Gasteiger partial charge on any atom is -0.468 e. The molecule has 0 amide bonds. The predicted octanol–water partition coefficient (Wildman–Crippen LogP) is 1.74. The largest absolute Gasteiger partial charge is 0.468 e. The normalized spacial score (nSPS) is 19.7. The first-order valence-electron chi connectivity index (χ1n) is 7.60. The highest BCUT2D eigenvalue weighted by molar-refractivity contribution is 7.86. The van der Waals surface area contributed by atoms with Crippen LogP contribution in [0, 0.1) is 0 Å². The van der Waals surface area contributed by atoms with Crippen LogP contribution in [-0.2, 0) is 23.2 Å². The maximum Gasteiger partial charge on any atom is 0.282 e. The maximum absolute atomic E-state index is 12.8. The lowest BCUT2D eigenvalue weighted by atomic mass is 10.2. The Bertz CT molecular complexity index is 741. The monoisotopic (exact) mass is 340 g/mol. The third kappa shape index (κ3) is 3.17. The van der Waals surface area contributed by atoms with Crippen LogP contribution in [0.3, 0.4) is 0 Å². The van der Waals surface area contributed by atoms with E-state index in [2.05, 4.69) is 10.1 Å². The smallest absolute Gasteiger partial charge is 0.282 e. The molecular weight excluding hydrogens is 320 g/mol. The fourth-order valence-electron chi connectivity index (χ4n) is 2.73. The summed E-state index contributed by atoms with van der Waals surface area (Å²) in [7, 11) is -2.11. The number of hydrogen-bond acceptors (Lipinski definition) is 6. The molecule has 1 aliphatic heterocycles. The van der Waals surface area contributed by atoms with Gasteiger partial charge in [-0.2, -0.15) is 22.0 Å². The molecule has 1 atom stereocenters. The van der Waals surface area contributed by atoms with E-state index in [0.717, 1.165) is 12.8 Å². The molecule has 0 saturated carbocycles. The molecule has 3 rings (SSSR count). The minimum absolute atomic E-state index is 0.0523. The van der Waals surface area contributed by atoms with Gasteiger partial charge in [0.25, 0.3) is 10.2 Å². The van der Waals surface area contributed by atoms with Gasteiger partial charge < -0.3 is 8.94 Å². The van der Waals surface area contributed by atoms with E-state index < -0.39 is 10.2 Å². The van der Waals surface area contributed by atoms with Crippen molar-refractivity contribution in [1.29, 1.82) is 0 Å². The van der Waals surface area contributed by atoms with Crippen molar-refractivity contribution in [3.63, 3.8) is 0 Å². The van der Waals surface area contributed by atoms with Crippen LogP contribution in [0.15, 0.2) is 27.3 Å². The summed E-state index contributed by atoms with van der Waals surface area (Å²) in [6.07, 6.45) is 3.76. The van der Waals surface area contributed by atoms with Gasteiger partial charge in [-0.3, -0.25) is 0 Å². The zero-order chi connectivity index (χ0) is 16.4. The predicted molar refractivity (Wildman–Crippen MR) is 81.5 cm³/mol. The van der Waals surface area contributed by atoms with E-state index in [1.807, 2.05) is 13.0 Å². The van der Waals surface area contributed by atoms with Crippen LogP contribution >= 0.6 is 0 Å². The van der Waals surface area contributed by atoms with Gasteiger partial charge in [-0.05, 0) is 25.0 Å². The van der Waals surface area contributed by atoms with Gasteiger partial charge in [0.05, 0.1) is 18.8 Å². The molecule has 9 heteroatoms. The molecule has 0 N–H and O–H groups in total. The first-order valence-corrected chi connectivity index (χ1v) is 9.00. The lowest BCUT2D eigenvalue weighted by Gasteiger charge is -2.27. The van der Waals surface area contributed by atoms with Crippen LogP contribution in [0.25, 0.3) is 0 Å². The number of aryl methyl sites for hydroxylation is 1. The molecule has 1 saturated heterocycles. The Morgan fingerprint density at radius 3 is 2.96 bits per heavy atom.